The van der Waals surface area contributed by atoms with Gasteiger partial charge in [0.05, 0.1) is 0 Å². The van der Waals surface area contributed by atoms with Gasteiger partial charge < -0.3 is 0 Å². The number of hydrogen-bond acceptors (Lipinski definition) is 0. The number of hydrogen-bond donors (Lipinski definition) is 0. The summed E-state index contributed by atoms with van der Waals surface area (Å²) in [6, 6.07) is 0. The molecular formula is C16H32. The normalized spacial score (nSPS) is 23.1. The zero-order chi connectivity index (χ0) is 13.0. The lowest BCUT2D eigenvalue weighted by molar-refractivity contribution is -0.160. The van der Waals surface area contributed by atoms with E-state index in [2.05, 4.69) is 62.3 Å². The molecule has 0 spiro atoms. The van der Waals surface area contributed by atoms with E-state index in [0.717, 1.165) is 5.92 Å². The molecule has 16 heavy (non-hydrogen) atoms. The molecule has 1 saturated carbocycles. The van der Waals surface area contributed by atoms with Crippen molar-refractivity contribution in [1.29, 1.82) is 0 Å². The molecule has 0 atom stereocenters. The third kappa shape index (κ3) is 2.05. The molecule has 0 nitrogen and oxygen atoms in total. The quantitative estimate of drug-likeness (QED) is 0.508. The fourth-order valence-corrected chi connectivity index (χ4v) is 3.74. The van der Waals surface area contributed by atoms with Gasteiger partial charge in [0.1, 0.15) is 0 Å². The van der Waals surface area contributed by atoms with Crippen LogP contribution >= 0.6 is 0 Å². The monoisotopic (exact) mass is 224 g/mol. The van der Waals surface area contributed by atoms with Crippen molar-refractivity contribution in [3.63, 3.8) is 0 Å². The van der Waals surface area contributed by atoms with E-state index in [1.54, 1.807) is 0 Å². The van der Waals surface area contributed by atoms with Crippen LogP contribution in [0.4, 0.5) is 0 Å². The van der Waals surface area contributed by atoms with Crippen LogP contribution in [0.5, 0.6) is 0 Å². The highest BCUT2D eigenvalue weighted by molar-refractivity contribution is 5.08. The maximum atomic E-state index is 2.43. The van der Waals surface area contributed by atoms with Gasteiger partial charge in [0, 0.05) is 0 Å². The Morgan fingerprint density at radius 1 is 0.688 bits per heavy atom. The van der Waals surface area contributed by atoms with Gasteiger partial charge in [-0.25, -0.2) is 0 Å². The minimum atomic E-state index is 0.424. The van der Waals surface area contributed by atoms with Gasteiger partial charge in [0.25, 0.3) is 0 Å². The Morgan fingerprint density at radius 2 is 1.00 bits per heavy atom. The van der Waals surface area contributed by atoms with Gasteiger partial charge in [-0.15, -0.1) is 0 Å². The molecule has 1 aliphatic carbocycles. The molecule has 96 valence electrons. The molecule has 0 N–H and O–H groups in total. The molecule has 0 unspecified atom stereocenters. The van der Waals surface area contributed by atoms with Gasteiger partial charge in [0.2, 0.25) is 0 Å². The van der Waals surface area contributed by atoms with Crippen molar-refractivity contribution in [1.82, 2.24) is 0 Å². The first-order valence-electron chi connectivity index (χ1n) is 6.81. The highest BCUT2D eigenvalue weighted by Gasteiger charge is 2.59. The van der Waals surface area contributed by atoms with Gasteiger partial charge in [-0.2, -0.15) is 0 Å². The maximum absolute atomic E-state index is 2.43. The molecule has 0 heterocycles. The first-order chi connectivity index (χ1) is 6.81. The highest BCUT2D eigenvalue weighted by atomic mass is 14.6. The standard InChI is InChI=1S/C16H32/c1-13(2,3)12-10-16(11-12,14(4,5)6)15(7,8)9/h12H,10-11H2,1-9H3. The van der Waals surface area contributed by atoms with Crippen LogP contribution in [0.25, 0.3) is 0 Å². The molecule has 1 rings (SSSR count). The fourth-order valence-electron chi connectivity index (χ4n) is 3.74. The summed E-state index contributed by atoms with van der Waals surface area (Å²) >= 11 is 0. The van der Waals surface area contributed by atoms with E-state index < -0.39 is 0 Å². The van der Waals surface area contributed by atoms with Crippen molar-refractivity contribution in [3.05, 3.63) is 0 Å². The van der Waals surface area contributed by atoms with Crippen molar-refractivity contribution in [2.24, 2.45) is 27.6 Å². The molecule has 0 heteroatoms. The topological polar surface area (TPSA) is 0 Å². The predicted molar refractivity (Wildman–Crippen MR) is 73.5 cm³/mol. The summed E-state index contributed by atoms with van der Waals surface area (Å²) in [7, 11) is 0. The Morgan fingerprint density at radius 3 is 1.19 bits per heavy atom. The molecule has 0 aliphatic heterocycles. The third-order valence-corrected chi connectivity index (χ3v) is 5.29. The Balaban J connectivity index is 2.92. The Hall–Kier alpha value is 0. The molecular weight excluding hydrogens is 192 g/mol. The van der Waals surface area contributed by atoms with E-state index in [9.17, 15) is 0 Å². The van der Waals surface area contributed by atoms with Gasteiger partial charge in [-0.1, -0.05) is 62.3 Å². The molecule has 0 aromatic rings. The average molecular weight is 224 g/mol. The third-order valence-electron chi connectivity index (χ3n) is 5.29. The summed E-state index contributed by atoms with van der Waals surface area (Å²) in [5, 5.41) is 0. The van der Waals surface area contributed by atoms with Crippen LogP contribution in [0.2, 0.25) is 0 Å². The first-order valence-corrected chi connectivity index (χ1v) is 6.81. The van der Waals surface area contributed by atoms with Gasteiger partial charge >= 0.3 is 0 Å². The van der Waals surface area contributed by atoms with Gasteiger partial charge in [-0.05, 0) is 40.4 Å². The molecule has 0 saturated heterocycles. The van der Waals surface area contributed by atoms with Crippen LogP contribution < -0.4 is 0 Å². The first kappa shape index (κ1) is 14.1. The van der Waals surface area contributed by atoms with E-state index in [0.29, 0.717) is 21.7 Å². The summed E-state index contributed by atoms with van der Waals surface area (Å²) in [6.07, 6.45) is 2.81. The van der Waals surface area contributed by atoms with Crippen molar-refractivity contribution >= 4 is 0 Å². The van der Waals surface area contributed by atoms with Crippen LogP contribution in [-0.2, 0) is 0 Å². The molecule has 0 aromatic heterocycles. The van der Waals surface area contributed by atoms with Crippen LogP contribution in [0, 0.1) is 27.6 Å². The minimum absolute atomic E-state index is 0.424. The molecule has 0 radical (unpaired) electrons. The SMILES string of the molecule is CC(C)(C)C1CC(C(C)(C)C)(C(C)(C)C)C1. The van der Waals surface area contributed by atoms with Crippen LogP contribution in [0.1, 0.15) is 75.2 Å². The van der Waals surface area contributed by atoms with E-state index in [-0.39, 0.29) is 0 Å². The zero-order valence-corrected chi connectivity index (χ0v) is 13.0. The molecule has 0 amide bonds. The van der Waals surface area contributed by atoms with E-state index in [1.807, 2.05) is 0 Å². The summed E-state index contributed by atoms with van der Waals surface area (Å²) in [5.74, 6) is 0.908. The second kappa shape index (κ2) is 3.50. The van der Waals surface area contributed by atoms with Gasteiger partial charge in [-0.3, -0.25) is 0 Å². The Labute approximate surface area is 103 Å². The molecule has 0 aromatic carbocycles. The van der Waals surface area contributed by atoms with Crippen molar-refractivity contribution in [2.45, 2.75) is 75.2 Å². The Bertz CT molecular complexity index is 229. The molecule has 1 fully saturated rings. The lowest BCUT2D eigenvalue weighted by Crippen LogP contribution is -2.57. The summed E-state index contributed by atoms with van der Waals surface area (Å²) in [4.78, 5) is 0. The van der Waals surface area contributed by atoms with Crippen LogP contribution in [-0.4, -0.2) is 0 Å². The van der Waals surface area contributed by atoms with Crippen molar-refractivity contribution in [3.8, 4) is 0 Å². The predicted octanol–water partition coefficient (Wildman–Crippen LogP) is 5.52. The van der Waals surface area contributed by atoms with Crippen molar-refractivity contribution < 1.29 is 0 Å². The Kier molecular flexibility index (Phi) is 3.07. The van der Waals surface area contributed by atoms with Crippen LogP contribution in [0.3, 0.4) is 0 Å². The fraction of sp³-hybridized carbons (Fsp3) is 1.00. The average Bonchev–Trinajstić information content (AvgIpc) is 1.69. The smallest absolute Gasteiger partial charge is 0.0195 e. The second-order valence-electron chi connectivity index (χ2n) is 9.05. The van der Waals surface area contributed by atoms with E-state index >= 15 is 0 Å². The molecule has 0 bridgehead atoms. The van der Waals surface area contributed by atoms with E-state index in [4.69, 9.17) is 0 Å². The van der Waals surface area contributed by atoms with E-state index in [1.165, 1.54) is 12.8 Å². The number of rotatable bonds is 0. The summed E-state index contributed by atoms with van der Waals surface area (Å²) < 4.78 is 0. The summed E-state index contributed by atoms with van der Waals surface area (Å²) in [6.45, 7) is 21.8. The van der Waals surface area contributed by atoms with Crippen LogP contribution in [0.15, 0.2) is 0 Å². The minimum Gasteiger partial charge on any atom is -0.0599 e. The lowest BCUT2D eigenvalue weighted by Gasteiger charge is -2.65. The lowest BCUT2D eigenvalue weighted by atomic mass is 9.39. The summed E-state index contributed by atoms with van der Waals surface area (Å²) in [5.41, 5.74) is 1.86. The largest absolute Gasteiger partial charge is 0.0599 e. The second-order valence-corrected chi connectivity index (χ2v) is 9.05. The maximum Gasteiger partial charge on any atom is -0.0195 e. The zero-order valence-electron chi connectivity index (χ0n) is 13.0. The van der Waals surface area contributed by atoms with Gasteiger partial charge in [0.15, 0.2) is 0 Å². The molecule has 1 aliphatic rings. The highest BCUT2D eigenvalue weighted by Crippen LogP contribution is 2.68. The van der Waals surface area contributed by atoms with Crippen molar-refractivity contribution in [2.75, 3.05) is 0 Å².